The molecule has 5 nitrogen and oxygen atoms in total. The van der Waals surface area contributed by atoms with E-state index < -0.39 is 0 Å². The van der Waals surface area contributed by atoms with Gasteiger partial charge in [0.1, 0.15) is 0 Å². The lowest BCUT2D eigenvalue weighted by Gasteiger charge is -2.01. The van der Waals surface area contributed by atoms with E-state index in [1.807, 2.05) is 0 Å². The number of aliphatic hydroxyl groups is 1. The molecule has 1 saturated heterocycles. The average molecular weight is 232 g/mol. The summed E-state index contributed by atoms with van der Waals surface area (Å²) in [5, 5.41) is 16.4. The number of hydrogen-bond acceptors (Lipinski definition) is 5. The molecule has 2 fully saturated rings. The number of β-amino-alcohol motifs (C(OH)–C–C–N with tert-alkyl or cyclic N) is 1. The lowest BCUT2D eigenvalue weighted by Crippen LogP contribution is -2.15. The molecule has 0 amide bonds. The van der Waals surface area contributed by atoms with Crippen molar-refractivity contribution < 1.29 is 9.63 Å². The molecular formula is C9H14ClN3O2. The van der Waals surface area contributed by atoms with Gasteiger partial charge in [-0.05, 0) is 19.3 Å². The van der Waals surface area contributed by atoms with Crippen molar-refractivity contribution in [1.29, 1.82) is 0 Å². The fraction of sp³-hybridized carbons (Fsp3) is 0.778. The van der Waals surface area contributed by atoms with Crippen LogP contribution in [0.15, 0.2) is 4.52 Å². The molecule has 0 spiro atoms. The molecule has 2 aliphatic rings. The fourth-order valence-electron chi connectivity index (χ4n) is 1.80. The first-order valence-electron chi connectivity index (χ1n) is 5.08. The van der Waals surface area contributed by atoms with Crippen molar-refractivity contribution in [1.82, 2.24) is 15.5 Å². The van der Waals surface area contributed by atoms with Crippen molar-refractivity contribution in [2.24, 2.45) is 0 Å². The van der Waals surface area contributed by atoms with Crippen LogP contribution in [0.2, 0.25) is 0 Å². The maximum atomic E-state index is 9.34. The van der Waals surface area contributed by atoms with E-state index in [1.54, 1.807) is 0 Å². The number of rotatable bonds is 2. The first kappa shape index (κ1) is 10.9. The van der Waals surface area contributed by atoms with Crippen molar-refractivity contribution in [2.45, 2.75) is 37.3 Å². The van der Waals surface area contributed by atoms with E-state index in [4.69, 9.17) is 4.52 Å². The second-order valence-electron chi connectivity index (χ2n) is 4.12. The van der Waals surface area contributed by atoms with Gasteiger partial charge in [0, 0.05) is 12.5 Å². The van der Waals surface area contributed by atoms with E-state index in [1.165, 1.54) is 12.8 Å². The second kappa shape index (κ2) is 4.08. The molecule has 1 aliphatic heterocycles. The zero-order valence-electron chi connectivity index (χ0n) is 8.22. The van der Waals surface area contributed by atoms with E-state index >= 15 is 0 Å². The number of nitrogens with zero attached hydrogens (tertiary/aromatic N) is 2. The molecule has 15 heavy (non-hydrogen) atoms. The van der Waals surface area contributed by atoms with E-state index in [0.717, 1.165) is 5.82 Å². The zero-order valence-corrected chi connectivity index (χ0v) is 9.04. The van der Waals surface area contributed by atoms with Crippen LogP contribution < -0.4 is 5.32 Å². The van der Waals surface area contributed by atoms with E-state index in [9.17, 15) is 5.11 Å². The highest BCUT2D eigenvalue weighted by Crippen LogP contribution is 2.38. The van der Waals surface area contributed by atoms with Gasteiger partial charge in [-0.2, -0.15) is 4.98 Å². The van der Waals surface area contributed by atoms with Gasteiger partial charge in [0.15, 0.2) is 5.82 Å². The number of aliphatic hydroxyl groups excluding tert-OH is 1. The summed E-state index contributed by atoms with van der Waals surface area (Å²) in [7, 11) is 0. The van der Waals surface area contributed by atoms with Crippen LogP contribution in [0.1, 0.15) is 42.9 Å². The molecule has 6 heteroatoms. The number of nitrogens with one attached hydrogen (secondary N) is 1. The molecule has 0 aromatic carbocycles. The van der Waals surface area contributed by atoms with E-state index in [0.29, 0.717) is 24.8 Å². The van der Waals surface area contributed by atoms with Crippen molar-refractivity contribution >= 4 is 12.4 Å². The predicted molar refractivity (Wildman–Crippen MR) is 54.9 cm³/mol. The summed E-state index contributed by atoms with van der Waals surface area (Å²) in [6.07, 6.45) is 2.75. The normalized spacial score (nSPS) is 30.2. The van der Waals surface area contributed by atoms with E-state index in [2.05, 4.69) is 15.5 Å². The molecule has 1 aromatic heterocycles. The van der Waals surface area contributed by atoms with Crippen LogP contribution in [-0.2, 0) is 0 Å². The Hall–Kier alpha value is -0.650. The quantitative estimate of drug-likeness (QED) is 0.787. The molecule has 1 aliphatic carbocycles. The summed E-state index contributed by atoms with van der Waals surface area (Å²) in [4.78, 5) is 4.34. The first-order valence-corrected chi connectivity index (χ1v) is 5.08. The highest BCUT2D eigenvalue weighted by molar-refractivity contribution is 5.85. The molecule has 2 N–H and O–H groups in total. The third-order valence-electron chi connectivity index (χ3n) is 2.81. The fourth-order valence-corrected chi connectivity index (χ4v) is 1.80. The highest BCUT2D eigenvalue weighted by Gasteiger charge is 2.32. The number of aromatic nitrogens is 2. The lowest BCUT2D eigenvalue weighted by atomic mass is 10.2. The van der Waals surface area contributed by atoms with Crippen LogP contribution in [0, 0.1) is 0 Å². The molecule has 0 radical (unpaired) electrons. The Morgan fingerprint density at radius 1 is 1.40 bits per heavy atom. The monoisotopic (exact) mass is 231 g/mol. The zero-order chi connectivity index (χ0) is 9.54. The van der Waals surface area contributed by atoms with Crippen molar-refractivity contribution in [2.75, 3.05) is 6.54 Å². The van der Waals surface area contributed by atoms with Gasteiger partial charge < -0.3 is 14.9 Å². The number of halogens is 1. The summed E-state index contributed by atoms with van der Waals surface area (Å²) in [5.74, 6) is 1.99. The summed E-state index contributed by atoms with van der Waals surface area (Å²) in [6, 6.07) is 0.0463. The minimum absolute atomic E-state index is 0. The number of hydrogen-bond donors (Lipinski definition) is 2. The summed E-state index contributed by atoms with van der Waals surface area (Å²) >= 11 is 0. The Morgan fingerprint density at radius 3 is 2.80 bits per heavy atom. The van der Waals surface area contributed by atoms with Crippen LogP contribution in [0.25, 0.3) is 0 Å². The van der Waals surface area contributed by atoms with Crippen LogP contribution in [0.5, 0.6) is 0 Å². The van der Waals surface area contributed by atoms with Gasteiger partial charge in [0.25, 0.3) is 0 Å². The topological polar surface area (TPSA) is 71.2 Å². The molecular weight excluding hydrogens is 218 g/mol. The van der Waals surface area contributed by atoms with Gasteiger partial charge in [-0.25, -0.2) is 0 Å². The van der Waals surface area contributed by atoms with Gasteiger partial charge in [-0.1, -0.05) is 5.16 Å². The third kappa shape index (κ3) is 2.14. The van der Waals surface area contributed by atoms with Crippen molar-refractivity contribution in [3.05, 3.63) is 11.7 Å². The van der Waals surface area contributed by atoms with Gasteiger partial charge in [-0.3, -0.25) is 0 Å². The van der Waals surface area contributed by atoms with Crippen molar-refractivity contribution in [3.8, 4) is 0 Å². The molecule has 0 bridgehead atoms. The lowest BCUT2D eigenvalue weighted by molar-refractivity contribution is 0.191. The maximum absolute atomic E-state index is 9.34. The van der Waals surface area contributed by atoms with Gasteiger partial charge in [0.05, 0.1) is 12.1 Å². The standard InChI is InChI=1S/C9H13N3O2.ClH/c13-6-3-7(10-4-6)9-11-8(12-14-9)5-1-2-5;/h5-7,10,13H,1-4H2;1H/t6-,7+;/m0./s1. The van der Waals surface area contributed by atoms with Gasteiger partial charge in [-0.15, -0.1) is 12.4 Å². The Kier molecular flexibility index (Phi) is 2.95. The Labute approximate surface area is 93.7 Å². The molecule has 1 aromatic rings. The summed E-state index contributed by atoms with van der Waals surface area (Å²) in [6.45, 7) is 0.617. The molecule has 2 atom stereocenters. The molecule has 3 rings (SSSR count). The highest BCUT2D eigenvalue weighted by atomic mass is 35.5. The minimum Gasteiger partial charge on any atom is -0.392 e. The summed E-state index contributed by atoms with van der Waals surface area (Å²) < 4.78 is 5.16. The summed E-state index contributed by atoms with van der Waals surface area (Å²) in [5.41, 5.74) is 0. The van der Waals surface area contributed by atoms with Crippen LogP contribution in [0.4, 0.5) is 0 Å². The smallest absolute Gasteiger partial charge is 0.243 e. The van der Waals surface area contributed by atoms with Crippen LogP contribution >= 0.6 is 12.4 Å². The van der Waals surface area contributed by atoms with Gasteiger partial charge >= 0.3 is 0 Å². The van der Waals surface area contributed by atoms with Crippen LogP contribution in [0.3, 0.4) is 0 Å². The SMILES string of the molecule is Cl.O[C@@H]1CN[C@@H](c2nc(C3CC3)no2)C1. The second-order valence-corrected chi connectivity index (χ2v) is 4.12. The maximum Gasteiger partial charge on any atom is 0.243 e. The molecule has 1 saturated carbocycles. The first-order chi connectivity index (χ1) is 6.83. The molecule has 0 unspecified atom stereocenters. The Bertz CT molecular complexity index is 340. The largest absolute Gasteiger partial charge is 0.392 e. The predicted octanol–water partition coefficient (Wildman–Crippen LogP) is 0.764. The molecule has 2 heterocycles. The minimum atomic E-state index is -0.281. The average Bonchev–Trinajstić information content (AvgIpc) is 2.76. The Morgan fingerprint density at radius 2 is 2.20 bits per heavy atom. The van der Waals surface area contributed by atoms with Crippen molar-refractivity contribution in [3.63, 3.8) is 0 Å². The van der Waals surface area contributed by atoms with E-state index in [-0.39, 0.29) is 24.6 Å². The Balaban J connectivity index is 0.000000853. The van der Waals surface area contributed by atoms with Gasteiger partial charge in [0.2, 0.25) is 5.89 Å². The van der Waals surface area contributed by atoms with Crippen LogP contribution in [-0.4, -0.2) is 27.9 Å². The third-order valence-corrected chi connectivity index (χ3v) is 2.81. The molecule has 84 valence electrons.